The van der Waals surface area contributed by atoms with Gasteiger partial charge in [-0.25, -0.2) is 18.7 Å². The van der Waals surface area contributed by atoms with Crippen molar-refractivity contribution in [3.63, 3.8) is 0 Å². The summed E-state index contributed by atoms with van der Waals surface area (Å²) in [6.45, 7) is 4.42. The Balaban J connectivity index is 1.67. The summed E-state index contributed by atoms with van der Waals surface area (Å²) in [4.78, 5) is 13.2. The predicted molar refractivity (Wildman–Crippen MR) is 95.1 cm³/mol. The third-order valence-corrected chi connectivity index (χ3v) is 3.83. The molecule has 7 heteroatoms. The molecular formula is C19H18F2N4O. The largest absolute Gasteiger partial charge is 0.489 e. The van der Waals surface area contributed by atoms with Gasteiger partial charge in [-0.05, 0) is 38.1 Å². The van der Waals surface area contributed by atoms with Crippen molar-refractivity contribution in [2.45, 2.75) is 13.8 Å². The van der Waals surface area contributed by atoms with E-state index in [0.29, 0.717) is 23.9 Å². The van der Waals surface area contributed by atoms with Gasteiger partial charge in [0, 0.05) is 23.5 Å². The molecule has 0 unspecified atom stereocenters. The number of hydrogen-bond acceptors (Lipinski definition) is 5. The Morgan fingerprint density at radius 1 is 1.08 bits per heavy atom. The lowest BCUT2D eigenvalue weighted by atomic mass is 10.2. The number of pyridine rings is 1. The van der Waals surface area contributed by atoms with Crippen LogP contribution in [0.15, 0.2) is 42.6 Å². The van der Waals surface area contributed by atoms with Crippen molar-refractivity contribution in [3.8, 4) is 17.3 Å². The van der Waals surface area contributed by atoms with Crippen LogP contribution < -0.4 is 10.1 Å². The topological polar surface area (TPSA) is 59.9 Å². The number of nitrogens with zero attached hydrogens (tertiary/aromatic N) is 3. The summed E-state index contributed by atoms with van der Waals surface area (Å²) in [7, 11) is 0. The standard InChI is InChI=1S/C19H18F2N4O/c1-12-13(2)24-19(16-5-3-4-8-22-16)25-18(12)23-9-10-26-17-7-6-14(20)11-15(17)21/h3-8,11H,9-10H2,1-2H3,(H,23,24,25). The SMILES string of the molecule is Cc1nc(-c2ccccn2)nc(NCCOc2ccc(F)cc2F)c1C. The van der Waals surface area contributed by atoms with E-state index in [9.17, 15) is 8.78 Å². The second-order valence-electron chi connectivity index (χ2n) is 5.67. The molecule has 26 heavy (non-hydrogen) atoms. The number of anilines is 1. The van der Waals surface area contributed by atoms with E-state index in [1.165, 1.54) is 6.07 Å². The molecule has 2 heterocycles. The van der Waals surface area contributed by atoms with Crippen LogP contribution in [-0.4, -0.2) is 28.1 Å². The van der Waals surface area contributed by atoms with E-state index < -0.39 is 11.6 Å². The van der Waals surface area contributed by atoms with Crippen LogP contribution in [0.5, 0.6) is 5.75 Å². The van der Waals surface area contributed by atoms with Crippen LogP contribution >= 0.6 is 0 Å². The minimum Gasteiger partial charge on any atom is -0.489 e. The zero-order chi connectivity index (χ0) is 18.5. The summed E-state index contributed by atoms with van der Waals surface area (Å²) in [5.41, 5.74) is 2.44. The highest BCUT2D eigenvalue weighted by molar-refractivity contribution is 5.56. The molecule has 0 fully saturated rings. The number of aryl methyl sites for hydroxylation is 1. The molecule has 0 atom stereocenters. The lowest BCUT2D eigenvalue weighted by Gasteiger charge is -2.13. The molecule has 5 nitrogen and oxygen atoms in total. The maximum Gasteiger partial charge on any atom is 0.180 e. The number of ether oxygens (including phenoxy) is 1. The van der Waals surface area contributed by atoms with E-state index >= 15 is 0 Å². The van der Waals surface area contributed by atoms with Gasteiger partial charge in [-0.2, -0.15) is 0 Å². The Labute approximate surface area is 150 Å². The zero-order valence-corrected chi connectivity index (χ0v) is 14.5. The number of rotatable bonds is 6. The Morgan fingerprint density at radius 2 is 1.92 bits per heavy atom. The van der Waals surface area contributed by atoms with Crippen LogP contribution in [0.2, 0.25) is 0 Å². The van der Waals surface area contributed by atoms with E-state index in [2.05, 4.69) is 20.3 Å². The normalized spacial score (nSPS) is 10.6. The van der Waals surface area contributed by atoms with Crippen molar-refractivity contribution >= 4 is 5.82 Å². The fourth-order valence-corrected chi connectivity index (χ4v) is 2.33. The van der Waals surface area contributed by atoms with Gasteiger partial charge in [0.15, 0.2) is 17.4 Å². The van der Waals surface area contributed by atoms with Gasteiger partial charge in [-0.1, -0.05) is 6.07 Å². The van der Waals surface area contributed by atoms with E-state index in [0.717, 1.165) is 23.4 Å². The fraction of sp³-hybridized carbons (Fsp3) is 0.211. The van der Waals surface area contributed by atoms with Crippen LogP contribution in [0, 0.1) is 25.5 Å². The fourth-order valence-electron chi connectivity index (χ4n) is 2.33. The third-order valence-electron chi connectivity index (χ3n) is 3.83. The van der Waals surface area contributed by atoms with Gasteiger partial charge in [-0.15, -0.1) is 0 Å². The van der Waals surface area contributed by atoms with Crippen molar-refractivity contribution in [1.29, 1.82) is 0 Å². The molecular weight excluding hydrogens is 338 g/mol. The van der Waals surface area contributed by atoms with Gasteiger partial charge in [0.05, 0.1) is 6.54 Å². The molecule has 0 bridgehead atoms. The summed E-state index contributed by atoms with van der Waals surface area (Å²) in [6.07, 6.45) is 1.69. The first kappa shape index (κ1) is 17.7. The first-order valence-electron chi connectivity index (χ1n) is 8.13. The molecule has 0 amide bonds. The van der Waals surface area contributed by atoms with Crippen LogP contribution in [0.4, 0.5) is 14.6 Å². The van der Waals surface area contributed by atoms with Gasteiger partial charge in [0.25, 0.3) is 0 Å². The van der Waals surface area contributed by atoms with Crippen molar-refractivity contribution in [2.75, 3.05) is 18.5 Å². The molecule has 1 aromatic carbocycles. The molecule has 3 aromatic rings. The molecule has 3 rings (SSSR count). The third kappa shape index (κ3) is 4.11. The quantitative estimate of drug-likeness (QED) is 0.678. The molecule has 0 saturated heterocycles. The van der Waals surface area contributed by atoms with Crippen molar-refractivity contribution in [3.05, 3.63) is 65.5 Å². The zero-order valence-electron chi connectivity index (χ0n) is 14.5. The summed E-state index contributed by atoms with van der Waals surface area (Å²) < 4.78 is 31.8. The van der Waals surface area contributed by atoms with Crippen LogP contribution in [0.3, 0.4) is 0 Å². The number of aromatic nitrogens is 3. The van der Waals surface area contributed by atoms with Crippen LogP contribution in [0.25, 0.3) is 11.5 Å². The van der Waals surface area contributed by atoms with Crippen molar-refractivity contribution < 1.29 is 13.5 Å². The molecule has 0 aliphatic rings. The maximum absolute atomic E-state index is 13.5. The summed E-state index contributed by atoms with van der Waals surface area (Å²) >= 11 is 0. The lowest BCUT2D eigenvalue weighted by Crippen LogP contribution is -2.15. The van der Waals surface area contributed by atoms with Gasteiger partial charge < -0.3 is 10.1 Å². The smallest absolute Gasteiger partial charge is 0.180 e. The van der Waals surface area contributed by atoms with E-state index in [1.54, 1.807) is 6.20 Å². The van der Waals surface area contributed by atoms with Gasteiger partial charge >= 0.3 is 0 Å². The lowest BCUT2D eigenvalue weighted by molar-refractivity contribution is 0.314. The molecule has 0 saturated carbocycles. The Kier molecular flexibility index (Phi) is 5.36. The second kappa shape index (κ2) is 7.86. The highest BCUT2D eigenvalue weighted by atomic mass is 19.1. The molecule has 134 valence electrons. The van der Waals surface area contributed by atoms with E-state index in [4.69, 9.17) is 4.74 Å². The second-order valence-corrected chi connectivity index (χ2v) is 5.67. The number of nitrogens with one attached hydrogen (secondary N) is 1. The first-order valence-corrected chi connectivity index (χ1v) is 8.13. The summed E-state index contributed by atoms with van der Waals surface area (Å²) in [6, 6.07) is 8.76. The highest BCUT2D eigenvalue weighted by Crippen LogP contribution is 2.20. The van der Waals surface area contributed by atoms with E-state index in [-0.39, 0.29) is 12.4 Å². The van der Waals surface area contributed by atoms with Gasteiger partial charge in [0.1, 0.15) is 23.9 Å². The molecule has 2 aromatic heterocycles. The Morgan fingerprint density at radius 3 is 2.65 bits per heavy atom. The summed E-state index contributed by atoms with van der Waals surface area (Å²) in [5.74, 6) is -0.153. The Bertz CT molecular complexity index is 904. The number of halogens is 2. The predicted octanol–water partition coefficient (Wildman–Crippen LogP) is 3.92. The van der Waals surface area contributed by atoms with Gasteiger partial charge in [0.2, 0.25) is 0 Å². The minimum atomic E-state index is -0.725. The molecule has 0 radical (unpaired) electrons. The molecule has 1 N–H and O–H groups in total. The molecule has 0 aliphatic heterocycles. The van der Waals surface area contributed by atoms with Crippen LogP contribution in [-0.2, 0) is 0 Å². The number of benzene rings is 1. The highest BCUT2D eigenvalue weighted by Gasteiger charge is 2.10. The minimum absolute atomic E-state index is 0.0120. The maximum atomic E-state index is 13.5. The van der Waals surface area contributed by atoms with Crippen LogP contribution in [0.1, 0.15) is 11.3 Å². The van der Waals surface area contributed by atoms with Crippen molar-refractivity contribution in [2.24, 2.45) is 0 Å². The average Bonchev–Trinajstić information content (AvgIpc) is 2.64. The Hall–Kier alpha value is -3.09. The molecule has 0 aliphatic carbocycles. The monoisotopic (exact) mass is 356 g/mol. The van der Waals surface area contributed by atoms with E-state index in [1.807, 2.05) is 32.0 Å². The van der Waals surface area contributed by atoms with Gasteiger partial charge in [-0.3, -0.25) is 4.98 Å². The molecule has 0 spiro atoms. The van der Waals surface area contributed by atoms with Crippen molar-refractivity contribution in [1.82, 2.24) is 15.0 Å². The first-order chi connectivity index (χ1) is 12.5. The number of hydrogen-bond donors (Lipinski definition) is 1. The average molecular weight is 356 g/mol. The summed E-state index contributed by atoms with van der Waals surface area (Å²) in [5, 5.41) is 3.16.